The minimum Gasteiger partial charge on any atom is -0.252 e. The average Bonchev–Trinajstić information content (AvgIpc) is 2.46. The van der Waals surface area contributed by atoms with E-state index < -0.39 is 10.0 Å². The van der Waals surface area contributed by atoms with E-state index in [1.165, 1.54) is 6.33 Å². The summed E-state index contributed by atoms with van der Waals surface area (Å²) < 4.78 is 26.7. The predicted molar refractivity (Wildman–Crippen MR) is 61.2 cm³/mol. The van der Waals surface area contributed by atoms with Crippen molar-refractivity contribution in [2.45, 2.75) is 26.3 Å². The zero-order chi connectivity index (χ0) is 12.3. The van der Waals surface area contributed by atoms with Gasteiger partial charge in [-0.3, -0.25) is 4.68 Å². The molecule has 0 saturated carbocycles. The molecule has 0 spiro atoms. The molecule has 1 atom stereocenters. The first kappa shape index (κ1) is 13.1. The number of sulfonamides is 1. The quantitative estimate of drug-likeness (QED) is 0.818. The monoisotopic (exact) mass is 246 g/mol. The van der Waals surface area contributed by atoms with E-state index in [1.807, 2.05) is 13.8 Å². The highest BCUT2D eigenvalue weighted by Crippen LogP contribution is 2.19. The molecule has 0 aliphatic heterocycles. The van der Waals surface area contributed by atoms with E-state index in [0.29, 0.717) is 18.2 Å². The van der Waals surface area contributed by atoms with Gasteiger partial charge in [0.2, 0.25) is 10.0 Å². The van der Waals surface area contributed by atoms with Gasteiger partial charge in [-0.05, 0) is 12.3 Å². The molecule has 0 bridgehead atoms. The molecule has 1 aromatic rings. The molecule has 0 saturated heterocycles. The van der Waals surface area contributed by atoms with Crippen LogP contribution >= 0.6 is 0 Å². The van der Waals surface area contributed by atoms with Gasteiger partial charge in [0, 0.05) is 7.05 Å². The van der Waals surface area contributed by atoms with Gasteiger partial charge in [0.05, 0.1) is 12.3 Å². The summed E-state index contributed by atoms with van der Waals surface area (Å²) in [7, 11) is -1.49. The Morgan fingerprint density at radius 1 is 1.50 bits per heavy atom. The van der Waals surface area contributed by atoms with Crippen molar-refractivity contribution in [3.05, 3.63) is 12.2 Å². The van der Waals surface area contributed by atoms with Crippen molar-refractivity contribution < 1.29 is 8.42 Å². The third-order valence-electron chi connectivity index (χ3n) is 2.12. The second-order valence-corrected chi connectivity index (χ2v) is 6.09. The number of aryl methyl sites for hydroxylation is 1. The molecule has 0 aliphatic rings. The second kappa shape index (κ2) is 4.92. The summed E-state index contributed by atoms with van der Waals surface area (Å²) in [5.74, 6) is 1.01. The summed E-state index contributed by atoms with van der Waals surface area (Å²) in [6.45, 7) is 4.07. The van der Waals surface area contributed by atoms with Gasteiger partial charge in [-0.25, -0.2) is 18.1 Å². The molecule has 1 rings (SSSR count). The molecule has 1 N–H and O–H groups in total. The molecule has 0 aromatic carbocycles. The molecule has 16 heavy (non-hydrogen) atoms. The summed E-state index contributed by atoms with van der Waals surface area (Å²) in [6, 6.07) is -0.317. The Labute approximate surface area is 96.1 Å². The number of aromatic nitrogens is 3. The Balaban J connectivity index is 2.92. The van der Waals surface area contributed by atoms with Crippen molar-refractivity contribution in [2.75, 3.05) is 6.26 Å². The fraction of sp³-hybridized carbons (Fsp3) is 0.778. The van der Waals surface area contributed by atoms with Gasteiger partial charge in [0.1, 0.15) is 12.2 Å². The molecular weight excluding hydrogens is 228 g/mol. The lowest BCUT2D eigenvalue weighted by atomic mass is 10.0. The summed E-state index contributed by atoms with van der Waals surface area (Å²) in [5.41, 5.74) is 0. The van der Waals surface area contributed by atoms with Crippen molar-refractivity contribution in [3.8, 4) is 0 Å². The topological polar surface area (TPSA) is 76.9 Å². The van der Waals surface area contributed by atoms with Gasteiger partial charge < -0.3 is 0 Å². The molecule has 1 aromatic heterocycles. The van der Waals surface area contributed by atoms with Crippen LogP contribution in [-0.4, -0.2) is 29.4 Å². The molecule has 0 amide bonds. The lowest BCUT2D eigenvalue weighted by molar-refractivity contribution is 0.444. The van der Waals surface area contributed by atoms with Crippen LogP contribution in [0.25, 0.3) is 0 Å². The summed E-state index contributed by atoms with van der Waals surface area (Å²) in [6.07, 6.45) is 3.27. The van der Waals surface area contributed by atoms with Gasteiger partial charge in [-0.2, -0.15) is 5.10 Å². The number of rotatable bonds is 5. The van der Waals surface area contributed by atoms with Crippen LogP contribution < -0.4 is 4.72 Å². The highest BCUT2D eigenvalue weighted by Gasteiger charge is 2.21. The van der Waals surface area contributed by atoms with E-state index in [0.717, 1.165) is 6.26 Å². The van der Waals surface area contributed by atoms with Crippen LogP contribution in [0.1, 0.15) is 32.1 Å². The van der Waals surface area contributed by atoms with Crippen LogP contribution in [0.15, 0.2) is 6.33 Å². The van der Waals surface area contributed by atoms with E-state index in [1.54, 1.807) is 11.7 Å². The molecule has 7 heteroatoms. The van der Waals surface area contributed by atoms with E-state index in [-0.39, 0.29) is 6.04 Å². The first-order valence-electron chi connectivity index (χ1n) is 5.11. The zero-order valence-electron chi connectivity index (χ0n) is 10.0. The van der Waals surface area contributed by atoms with Crippen molar-refractivity contribution in [1.29, 1.82) is 0 Å². The fourth-order valence-electron chi connectivity index (χ4n) is 1.56. The molecule has 1 heterocycles. The number of nitrogens with one attached hydrogen (secondary N) is 1. The van der Waals surface area contributed by atoms with Crippen LogP contribution in [-0.2, 0) is 17.1 Å². The number of nitrogens with zero attached hydrogens (tertiary/aromatic N) is 3. The normalized spacial score (nSPS) is 14.3. The predicted octanol–water partition coefficient (Wildman–Crippen LogP) is 0.451. The second-order valence-electron chi connectivity index (χ2n) is 4.31. The standard InChI is InChI=1S/C9H18N4O2S/c1-7(2)5-8(12-16(4,14)15)9-10-6-11-13(9)3/h6-8,12H,5H2,1-4H3. The molecule has 0 fully saturated rings. The van der Waals surface area contributed by atoms with E-state index >= 15 is 0 Å². The van der Waals surface area contributed by atoms with Gasteiger partial charge >= 0.3 is 0 Å². The SMILES string of the molecule is CC(C)CC(NS(C)(=O)=O)c1ncnn1C. The smallest absolute Gasteiger partial charge is 0.209 e. The minimum atomic E-state index is -3.24. The molecule has 1 unspecified atom stereocenters. The number of hydrogen-bond acceptors (Lipinski definition) is 4. The Morgan fingerprint density at radius 3 is 2.50 bits per heavy atom. The van der Waals surface area contributed by atoms with Gasteiger partial charge in [-0.15, -0.1) is 0 Å². The maximum Gasteiger partial charge on any atom is 0.209 e. The van der Waals surface area contributed by atoms with Crippen molar-refractivity contribution in [3.63, 3.8) is 0 Å². The van der Waals surface area contributed by atoms with Gasteiger partial charge in [0.25, 0.3) is 0 Å². The zero-order valence-corrected chi connectivity index (χ0v) is 10.8. The van der Waals surface area contributed by atoms with Gasteiger partial charge in [-0.1, -0.05) is 13.8 Å². The average molecular weight is 246 g/mol. The largest absolute Gasteiger partial charge is 0.252 e. The van der Waals surface area contributed by atoms with Crippen LogP contribution in [0.4, 0.5) is 0 Å². The minimum absolute atomic E-state index is 0.317. The van der Waals surface area contributed by atoms with E-state index in [9.17, 15) is 8.42 Å². The van der Waals surface area contributed by atoms with E-state index in [4.69, 9.17) is 0 Å². The summed E-state index contributed by atoms with van der Waals surface area (Å²) in [5, 5.41) is 3.95. The Bertz CT molecular complexity index is 438. The molecule has 0 aliphatic carbocycles. The first-order chi connectivity index (χ1) is 7.29. The lowest BCUT2D eigenvalue weighted by Gasteiger charge is -2.18. The molecule has 92 valence electrons. The van der Waals surface area contributed by atoms with Crippen LogP contribution in [0.5, 0.6) is 0 Å². The summed E-state index contributed by atoms with van der Waals surface area (Å²) in [4.78, 5) is 4.08. The van der Waals surface area contributed by atoms with E-state index in [2.05, 4.69) is 14.8 Å². The number of hydrogen-bond donors (Lipinski definition) is 1. The Kier molecular flexibility index (Phi) is 4.03. The van der Waals surface area contributed by atoms with Crippen molar-refractivity contribution in [1.82, 2.24) is 19.5 Å². The van der Waals surface area contributed by atoms with Gasteiger partial charge in [0.15, 0.2) is 0 Å². The summed E-state index contributed by atoms with van der Waals surface area (Å²) >= 11 is 0. The lowest BCUT2D eigenvalue weighted by Crippen LogP contribution is -2.30. The van der Waals surface area contributed by atoms with Crippen LogP contribution in [0, 0.1) is 5.92 Å². The Hall–Kier alpha value is -0.950. The first-order valence-corrected chi connectivity index (χ1v) is 7.00. The highest BCUT2D eigenvalue weighted by atomic mass is 32.2. The van der Waals surface area contributed by atoms with Crippen molar-refractivity contribution >= 4 is 10.0 Å². The van der Waals surface area contributed by atoms with Crippen LogP contribution in [0.3, 0.4) is 0 Å². The maximum atomic E-state index is 11.3. The molecule has 6 nitrogen and oxygen atoms in total. The van der Waals surface area contributed by atoms with Crippen molar-refractivity contribution in [2.24, 2.45) is 13.0 Å². The third-order valence-corrected chi connectivity index (χ3v) is 2.83. The highest BCUT2D eigenvalue weighted by molar-refractivity contribution is 7.88. The maximum absolute atomic E-state index is 11.3. The molecule has 0 radical (unpaired) electrons. The molecular formula is C9H18N4O2S. The third kappa shape index (κ3) is 3.90. The fourth-order valence-corrected chi connectivity index (χ4v) is 2.28. The Morgan fingerprint density at radius 2 is 2.12 bits per heavy atom. The van der Waals surface area contributed by atoms with Crippen LogP contribution in [0.2, 0.25) is 0 Å².